The number of nitrogens with one attached hydrogen (secondary N) is 1. The first-order valence-corrected chi connectivity index (χ1v) is 10.7. The lowest BCUT2D eigenvalue weighted by Crippen LogP contribution is -2.58. The third kappa shape index (κ3) is 3.13. The molecule has 1 saturated carbocycles. The third-order valence-electron chi connectivity index (χ3n) is 6.96. The summed E-state index contributed by atoms with van der Waals surface area (Å²) in [5.41, 5.74) is 2.44. The second-order valence-corrected chi connectivity index (χ2v) is 8.71. The van der Waals surface area contributed by atoms with Gasteiger partial charge in [-0.15, -0.1) is 0 Å². The Hall–Kier alpha value is -2.64. The number of hydrogen-bond acceptors (Lipinski definition) is 5. The molecular weight excluding hydrogens is 378 g/mol. The van der Waals surface area contributed by atoms with E-state index in [2.05, 4.69) is 26.1 Å². The number of aryl methyl sites for hydroxylation is 1. The lowest BCUT2D eigenvalue weighted by atomic mass is 9.65. The fourth-order valence-corrected chi connectivity index (χ4v) is 5.49. The van der Waals surface area contributed by atoms with Crippen LogP contribution in [0.25, 0.3) is 11.3 Å². The maximum atomic E-state index is 11.8. The molecule has 0 unspecified atom stereocenters. The molecule has 1 aliphatic carbocycles. The number of hydrogen-bond donors (Lipinski definition) is 2. The molecule has 2 aromatic heterocycles. The number of aromatic nitrogens is 4. The van der Waals surface area contributed by atoms with E-state index < -0.39 is 5.60 Å². The first-order chi connectivity index (χ1) is 14.6. The molecule has 2 atom stereocenters. The lowest BCUT2D eigenvalue weighted by Gasteiger charge is -2.52. The first kappa shape index (κ1) is 19.3. The van der Waals surface area contributed by atoms with Crippen LogP contribution in [0.5, 0.6) is 5.75 Å². The summed E-state index contributed by atoms with van der Waals surface area (Å²) in [6.07, 6.45) is 8.89. The Morgan fingerprint density at radius 1 is 1.27 bits per heavy atom. The second kappa shape index (κ2) is 7.56. The van der Waals surface area contributed by atoms with E-state index in [1.54, 1.807) is 13.3 Å². The fourth-order valence-electron chi connectivity index (χ4n) is 5.49. The van der Waals surface area contributed by atoms with Gasteiger partial charge in [0.05, 0.1) is 19.0 Å². The Kier molecular flexibility index (Phi) is 4.87. The van der Waals surface area contributed by atoms with Crippen LogP contribution >= 0.6 is 0 Å². The molecule has 2 aliphatic rings. The number of H-pyrrole nitrogens is 1. The van der Waals surface area contributed by atoms with Crippen molar-refractivity contribution in [2.45, 2.75) is 31.4 Å². The van der Waals surface area contributed by atoms with Crippen molar-refractivity contribution in [1.82, 2.24) is 24.6 Å². The molecular formula is C23H29N5O2. The van der Waals surface area contributed by atoms with E-state index in [0.29, 0.717) is 0 Å². The quantitative estimate of drug-likeness (QED) is 0.680. The van der Waals surface area contributed by atoms with Crippen LogP contribution < -0.4 is 4.74 Å². The maximum absolute atomic E-state index is 11.8. The first-order valence-electron chi connectivity index (χ1n) is 10.7. The van der Waals surface area contributed by atoms with Crippen molar-refractivity contribution in [1.29, 1.82) is 0 Å². The summed E-state index contributed by atoms with van der Waals surface area (Å²) in [5.74, 6) is 2.04. The van der Waals surface area contributed by atoms with Crippen molar-refractivity contribution in [3.63, 3.8) is 0 Å². The molecule has 2 fully saturated rings. The van der Waals surface area contributed by atoms with Crippen LogP contribution in [-0.2, 0) is 19.2 Å². The molecule has 5 rings (SSSR count). The molecule has 1 saturated heterocycles. The minimum Gasteiger partial charge on any atom is -0.497 e. The van der Waals surface area contributed by atoms with Gasteiger partial charge in [0.1, 0.15) is 17.2 Å². The van der Waals surface area contributed by atoms with Crippen molar-refractivity contribution in [3.8, 4) is 17.0 Å². The van der Waals surface area contributed by atoms with Gasteiger partial charge in [-0.3, -0.25) is 10.00 Å². The standard InChI is InChI=1S/C23H29N5O2/c1-27-10-9-24-22(27)23(29)18-6-4-7-19(23)15-28(14-18)13-17-12-25-26-21(17)16-5-3-8-20(11-16)30-2/h3,5,8-12,18-19,29H,4,6-7,13-15H2,1-2H3,(H,25,26)/t18-,19-/m1/s1. The van der Waals surface area contributed by atoms with Gasteiger partial charge < -0.3 is 14.4 Å². The number of rotatable bonds is 5. The van der Waals surface area contributed by atoms with Crippen LogP contribution in [0.15, 0.2) is 42.9 Å². The predicted molar refractivity (Wildman–Crippen MR) is 114 cm³/mol. The molecule has 0 spiro atoms. The molecule has 0 radical (unpaired) electrons. The largest absolute Gasteiger partial charge is 0.497 e. The molecule has 3 aromatic rings. The van der Waals surface area contributed by atoms with Crippen molar-refractivity contribution < 1.29 is 9.84 Å². The normalized spacial score (nSPS) is 26.6. The highest BCUT2D eigenvalue weighted by Gasteiger charge is 2.53. The number of aliphatic hydroxyl groups is 1. The topological polar surface area (TPSA) is 79.2 Å². The van der Waals surface area contributed by atoms with Gasteiger partial charge in [-0.05, 0) is 25.0 Å². The summed E-state index contributed by atoms with van der Waals surface area (Å²) < 4.78 is 7.36. The summed E-state index contributed by atoms with van der Waals surface area (Å²) in [7, 11) is 3.66. The molecule has 1 aliphatic heterocycles. The summed E-state index contributed by atoms with van der Waals surface area (Å²) in [5, 5.41) is 19.3. The number of methoxy groups -OCH3 is 1. The summed E-state index contributed by atoms with van der Waals surface area (Å²) in [4.78, 5) is 7.00. The maximum Gasteiger partial charge on any atom is 0.141 e. The number of nitrogens with zero attached hydrogens (tertiary/aromatic N) is 4. The van der Waals surface area contributed by atoms with Crippen LogP contribution in [-0.4, -0.2) is 50.0 Å². The van der Waals surface area contributed by atoms with E-state index in [0.717, 1.165) is 55.3 Å². The average Bonchev–Trinajstić information content (AvgIpc) is 3.38. The molecule has 0 amide bonds. The number of likely N-dealkylation sites (tertiary alicyclic amines) is 1. The van der Waals surface area contributed by atoms with E-state index in [9.17, 15) is 5.11 Å². The van der Waals surface area contributed by atoms with E-state index in [4.69, 9.17) is 4.74 Å². The van der Waals surface area contributed by atoms with E-state index in [1.807, 2.05) is 42.2 Å². The summed E-state index contributed by atoms with van der Waals surface area (Å²) >= 11 is 0. The number of fused-ring (bicyclic) bond motifs is 2. The fraction of sp³-hybridized carbons (Fsp3) is 0.478. The van der Waals surface area contributed by atoms with Crippen LogP contribution in [0.1, 0.15) is 30.7 Å². The van der Waals surface area contributed by atoms with Crippen LogP contribution in [0.2, 0.25) is 0 Å². The van der Waals surface area contributed by atoms with Gasteiger partial charge in [0, 0.05) is 62.0 Å². The van der Waals surface area contributed by atoms with E-state index in [1.165, 1.54) is 12.0 Å². The Labute approximate surface area is 176 Å². The number of imidazole rings is 1. The Morgan fingerprint density at radius 3 is 2.77 bits per heavy atom. The average molecular weight is 408 g/mol. The van der Waals surface area contributed by atoms with Crippen molar-refractivity contribution in [2.75, 3.05) is 20.2 Å². The number of benzene rings is 1. The molecule has 3 heterocycles. The third-order valence-corrected chi connectivity index (χ3v) is 6.96. The molecule has 158 valence electrons. The van der Waals surface area contributed by atoms with Gasteiger partial charge in [-0.25, -0.2) is 4.98 Å². The van der Waals surface area contributed by atoms with Crippen LogP contribution in [0, 0.1) is 11.8 Å². The minimum atomic E-state index is -0.834. The summed E-state index contributed by atoms with van der Waals surface area (Å²) in [6.45, 7) is 2.54. The number of ether oxygens (including phenoxy) is 1. The zero-order chi connectivity index (χ0) is 20.7. The van der Waals surface area contributed by atoms with Gasteiger partial charge in [0.2, 0.25) is 0 Å². The Bertz CT molecular complexity index is 1010. The van der Waals surface area contributed by atoms with Gasteiger partial charge in [-0.2, -0.15) is 5.10 Å². The van der Waals surface area contributed by atoms with Crippen LogP contribution in [0.4, 0.5) is 0 Å². The zero-order valence-electron chi connectivity index (χ0n) is 17.6. The van der Waals surface area contributed by atoms with Crippen molar-refractivity contribution >= 4 is 0 Å². The predicted octanol–water partition coefficient (Wildman–Crippen LogP) is 2.94. The lowest BCUT2D eigenvalue weighted by molar-refractivity contribution is -0.155. The zero-order valence-corrected chi connectivity index (χ0v) is 17.6. The van der Waals surface area contributed by atoms with Crippen molar-refractivity contribution in [2.24, 2.45) is 18.9 Å². The Morgan fingerprint density at radius 2 is 2.07 bits per heavy atom. The highest BCUT2D eigenvalue weighted by molar-refractivity contribution is 5.64. The molecule has 2 bridgehead atoms. The molecule has 2 N–H and O–H groups in total. The highest BCUT2D eigenvalue weighted by atomic mass is 16.5. The van der Waals surface area contributed by atoms with Gasteiger partial charge in [0.25, 0.3) is 0 Å². The molecule has 1 aromatic carbocycles. The molecule has 7 nitrogen and oxygen atoms in total. The number of piperidine rings is 1. The van der Waals surface area contributed by atoms with E-state index in [-0.39, 0.29) is 11.8 Å². The highest BCUT2D eigenvalue weighted by Crippen LogP contribution is 2.48. The number of aromatic amines is 1. The van der Waals surface area contributed by atoms with Gasteiger partial charge in [0.15, 0.2) is 0 Å². The molecule has 30 heavy (non-hydrogen) atoms. The minimum absolute atomic E-state index is 0.193. The summed E-state index contributed by atoms with van der Waals surface area (Å²) in [6, 6.07) is 8.05. The van der Waals surface area contributed by atoms with Gasteiger partial charge in [-0.1, -0.05) is 18.6 Å². The van der Waals surface area contributed by atoms with Gasteiger partial charge >= 0.3 is 0 Å². The molecule has 7 heteroatoms. The van der Waals surface area contributed by atoms with Crippen molar-refractivity contribution in [3.05, 3.63) is 54.2 Å². The smallest absolute Gasteiger partial charge is 0.141 e. The van der Waals surface area contributed by atoms with E-state index >= 15 is 0 Å². The van der Waals surface area contributed by atoms with Crippen LogP contribution in [0.3, 0.4) is 0 Å². The second-order valence-electron chi connectivity index (χ2n) is 8.71. The monoisotopic (exact) mass is 407 g/mol. The Balaban J connectivity index is 1.39. The SMILES string of the molecule is COc1cccc(-c2[nH]ncc2CN2C[C@H]3CCC[C@H](C2)C3(O)c2nccn2C)c1.